The standard InChI is InChI=1S/C18H14N2O3S2/c1-11-13(20-18(23-11)15-7-4-8-24-15)9-17(21)22-10-16-19-12-5-2-3-6-14(12)25-16/h2-8H,9-10H2,1H3. The predicted molar refractivity (Wildman–Crippen MR) is 97.7 cm³/mol. The third-order valence-electron chi connectivity index (χ3n) is 3.63. The summed E-state index contributed by atoms with van der Waals surface area (Å²) < 4.78 is 12.1. The highest BCUT2D eigenvalue weighted by atomic mass is 32.1. The first-order valence-corrected chi connectivity index (χ1v) is 9.39. The highest BCUT2D eigenvalue weighted by Crippen LogP contribution is 2.26. The number of benzene rings is 1. The molecule has 7 heteroatoms. The van der Waals surface area contributed by atoms with E-state index in [2.05, 4.69) is 9.97 Å². The molecule has 5 nitrogen and oxygen atoms in total. The van der Waals surface area contributed by atoms with Gasteiger partial charge in [0.15, 0.2) is 0 Å². The van der Waals surface area contributed by atoms with Crippen molar-refractivity contribution >= 4 is 38.9 Å². The van der Waals surface area contributed by atoms with Crippen LogP contribution in [0.3, 0.4) is 0 Å². The fourth-order valence-corrected chi connectivity index (χ4v) is 3.94. The molecule has 4 rings (SSSR count). The number of esters is 1. The van der Waals surface area contributed by atoms with E-state index in [0.29, 0.717) is 17.3 Å². The van der Waals surface area contributed by atoms with Crippen LogP contribution in [0.15, 0.2) is 46.2 Å². The third-order valence-corrected chi connectivity index (χ3v) is 5.50. The van der Waals surface area contributed by atoms with Crippen LogP contribution in [0.5, 0.6) is 0 Å². The number of carbonyl (C=O) groups excluding carboxylic acids is 1. The second-order valence-corrected chi connectivity index (χ2v) is 7.47. The summed E-state index contributed by atoms with van der Waals surface area (Å²) in [6, 6.07) is 11.7. The zero-order valence-corrected chi connectivity index (χ0v) is 15.0. The van der Waals surface area contributed by atoms with Gasteiger partial charge in [-0.25, -0.2) is 9.97 Å². The minimum absolute atomic E-state index is 0.0889. The van der Waals surface area contributed by atoms with Gasteiger partial charge in [0.05, 0.1) is 27.2 Å². The van der Waals surface area contributed by atoms with Crippen molar-refractivity contribution < 1.29 is 13.9 Å². The van der Waals surface area contributed by atoms with Gasteiger partial charge in [0.2, 0.25) is 5.89 Å². The molecule has 0 N–H and O–H groups in total. The summed E-state index contributed by atoms with van der Waals surface area (Å²) in [6.45, 7) is 1.98. The first-order chi connectivity index (χ1) is 12.2. The molecular weight excluding hydrogens is 356 g/mol. The molecule has 0 atom stereocenters. The van der Waals surface area contributed by atoms with Crippen molar-refractivity contribution in [3.8, 4) is 10.8 Å². The summed E-state index contributed by atoms with van der Waals surface area (Å²) in [6.07, 6.45) is 0.0889. The van der Waals surface area contributed by atoms with E-state index < -0.39 is 0 Å². The van der Waals surface area contributed by atoms with Crippen LogP contribution in [-0.2, 0) is 22.6 Å². The lowest BCUT2D eigenvalue weighted by Crippen LogP contribution is -2.09. The quantitative estimate of drug-likeness (QED) is 0.480. The van der Waals surface area contributed by atoms with Gasteiger partial charge in [-0.05, 0) is 30.5 Å². The number of ether oxygens (including phenoxy) is 1. The number of aromatic nitrogens is 2. The van der Waals surface area contributed by atoms with Gasteiger partial charge in [0, 0.05) is 0 Å². The number of para-hydroxylation sites is 1. The number of rotatable bonds is 5. The second kappa shape index (κ2) is 6.78. The minimum atomic E-state index is -0.339. The first-order valence-electron chi connectivity index (χ1n) is 7.69. The lowest BCUT2D eigenvalue weighted by Gasteiger charge is -2.00. The van der Waals surface area contributed by atoms with Crippen LogP contribution < -0.4 is 0 Å². The maximum Gasteiger partial charge on any atom is 0.312 e. The maximum absolute atomic E-state index is 12.1. The van der Waals surface area contributed by atoms with Crippen molar-refractivity contribution in [2.45, 2.75) is 20.0 Å². The minimum Gasteiger partial charge on any atom is -0.458 e. The molecule has 0 bridgehead atoms. The van der Waals surface area contributed by atoms with Crippen molar-refractivity contribution in [3.05, 3.63) is 58.2 Å². The number of thiazole rings is 1. The number of hydrogen-bond donors (Lipinski definition) is 0. The number of oxazole rings is 1. The Labute approximate surface area is 151 Å². The Morgan fingerprint density at radius 1 is 1.20 bits per heavy atom. The topological polar surface area (TPSA) is 65.2 Å². The Balaban J connectivity index is 1.40. The van der Waals surface area contributed by atoms with Crippen LogP contribution in [0.1, 0.15) is 16.5 Å². The predicted octanol–water partition coefficient (Wildman–Crippen LogP) is 4.61. The highest BCUT2D eigenvalue weighted by Gasteiger charge is 2.16. The number of carbonyl (C=O) groups is 1. The normalized spacial score (nSPS) is 11.1. The lowest BCUT2D eigenvalue weighted by molar-refractivity contribution is -0.144. The first kappa shape index (κ1) is 16.0. The van der Waals surface area contributed by atoms with Crippen LogP contribution >= 0.6 is 22.7 Å². The van der Waals surface area contributed by atoms with Gasteiger partial charge in [-0.2, -0.15) is 0 Å². The molecule has 3 heterocycles. The summed E-state index contributed by atoms with van der Waals surface area (Å²) in [7, 11) is 0. The van der Waals surface area contributed by atoms with Crippen LogP contribution in [-0.4, -0.2) is 15.9 Å². The van der Waals surface area contributed by atoms with Gasteiger partial charge in [-0.3, -0.25) is 4.79 Å². The van der Waals surface area contributed by atoms with Crippen molar-refractivity contribution in [1.29, 1.82) is 0 Å². The summed E-state index contributed by atoms with van der Waals surface area (Å²) in [5.74, 6) is 0.843. The number of thiophene rings is 1. The van der Waals surface area contributed by atoms with Gasteiger partial charge < -0.3 is 9.15 Å². The monoisotopic (exact) mass is 370 g/mol. The summed E-state index contributed by atoms with van der Waals surface area (Å²) in [4.78, 5) is 21.9. The van der Waals surface area contributed by atoms with Gasteiger partial charge in [-0.1, -0.05) is 18.2 Å². The van der Waals surface area contributed by atoms with E-state index in [1.54, 1.807) is 18.3 Å². The molecule has 4 aromatic rings. The van der Waals surface area contributed by atoms with Crippen LogP contribution in [0.2, 0.25) is 0 Å². The molecule has 0 amide bonds. The Morgan fingerprint density at radius 2 is 2.08 bits per heavy atom. The molecule has 0 aliphatic carbocycles. The van der Waals surface area contributed by atoms with Gasteiger partial charge in [0.25, 0.3) is 0 Å². The Morgan fingerprint density at radius 3 is 2.88 bits per heavy atom. The fourth-order valence-electron chi connectivity index (χ4n) is 2.41. The molecule has 1 aromatic carbocycles. The largest absolute Gasteiger partial charge is 0.458 e. The van der Waals surface area contributed by atoms with Gasteiger partial charge in [-0.15, -0.1) is 22.7 Å². The molecule has 0 aliphatic heterocycles. The van der Waals surface area contributed by atoms with E-state index >= 15 is 0 Å². The lowest BCUT2D eigenvalue weighted by atomic mass is 10.3. The molecule has 0 saturated heterocycles. The van der Waals surface area contributed by atoms with E-state index in [1.807, 2.05) is 41.8 Å². The smallest absolute Gasteiger partial charge is 0.312 e. The molecule has 25 heavy (non-hydrogen) atoms. The Kier molecular flexibility index (Phi) is 4.33. The zero-order chi connectivity index (χ0) is 17.2. The number of fused-ring (bicyclic) bond motifs is 1. The highest BCUT2D eigenvalue weighted by molar-refractivity contribution is 7.18. The molecule has 0 radical (unpaired) electrons. The molecule has 126 valence electrons. The second-order valence-electron chi connectivity index (χ2n) is 5.41. The summed E-state index contributed by atoms with van der Waals surface area (Å²) in [5.41, 5.74) is 1.53. The summed E-state index contributed by atoms with van der Waals surface area (Å²) in [5, 5.41) is 2.74. The average molecular weight is 370 g/mol. The molecule has 0 unspecified atom stereocenters. The summed E-state index contributed by atoms with van der Waals surface area (Å²) >= 11 is 3.08. The van der Waals surface area contributed by atoms with Crippen molar-refractivity contribution in [1.82, 2.24) is 9.97 Å². The average Bonchev–Trinajstić information content (AvgIpc) is 3.32. The van der Waals surface area contributed by atoms with E-state index in [-0.39, 0.29) is 19.0 Å². The Bertz CT molecular complexity index is 985. The Hall–Kier alpha value is -2.51. The van der Waals surface area contributed by atoms with Crippen LogP contribution in [0, 0.1) is 6.92 Å². The van der Waals surface area contributed by atoms with Crippen molar-refractivity contribution in [2.24, 2.45) is 0 Å². The zero-order valence-electron chi connectivity index (χ0n) is 13.4. The van der Waals surface area contributed by atoms with Crippen molar-refractivity contribution in [3.63, 3.8) is 0 Å². The molecule has 0 spiro atoms. The molecule has 0 saturated carbocycles. The van der Waals surface area contributed by atoms with E-state index in [9.17, 15) is 4.79 Å². The van der Waals surface area contributed by atoms with E-state index in [0.717, 1.165) is 20.1 Å². The fraction of sp³-hybridized carbons (Fsp3) is 0.167. The number of hydrogen-bond acceptors (Lipinski definition) is 7. The molecule has 0 aliphatic rings. The SMILES string of the molecule is Cc1oc(-c2cccs2)nc1CC(=O)OCc1nc2ccccc2s1. The molecule has 3 aromatic heterocycles. The van der Waals surface area contributed by atoms with Crippen molar-refractivity contribution in [2.75, 3.05) is 0 Å². The van der Waals surface area contributed by atoms with E-state index in [1.165, 1.54) is 11.3 Å². The van der Waals surface area contributed by atoms with Crippen LogP contribution in [0.4, 0.5) is 0 Å². The van der Waals surface area contributed by atoms with E-state index in [4.69, 9.17) is 9.15 Å². The molecule has 0 fully saturated rings. The number of nitrogens with zero attached hydrogens (tertiary/aromatic N) is 2. The van der Waals surface area contributed by atoms with Gasteiger partial charge in [0.1, 0.15) is 17.4 Å². The maximum atomic E-state index is 12.1. The number of aryl methyl sites for hydroxylation is 1. The molecular formula is C18H14N2O3S2. The third kappa shape index (κ3) is 3.47. The van der Waals surface area contributed by atoms with Crippen LogP contribution in [0.25, 0.3) is 21.0 Å². The van der Waals surface area contributed by atoms with Gasteiger partial charge >= 0.3 is 5.97 Å².